The van der Waals surface area contributed by atoms with E-state index in [1.54, 1.807) is 11.8 Å². The molecule has 0 aliphatic heterocycles. The summed E-state index contributed by atoms with van der Waals surface area (Å²) < 4.78 is 0. The maximum atomic E-state index is 11.4. The van der Waals surface area contributed by atoms with Crippen molar-refractivity contribution in [2.75, 3.05) is 23.4 Å². The number of aliphatic hydroxyl groups excluding tert-OH is 1. The van der Waals surface area contributed by atoms with Gasteiger partial charge in [0.2, 0.25) is 5.91 Å². The molecule has 0 saturated carbocycles. The molecule has 0 aliphatic carbocycles. The van der Waals surface area contributed by atoms with E-state index in [0.717, 1.165) is 11.4 Å². The molecular weight excluding hydrogens is 210 g/mol. The minimum atomic E-state index is 0.0200. The summed E-state index contributed by atoms with van der Waals surface area (Å²) >= 11 is 1.58. The second kappa shape index (κ2) is 7.31. The molecule has 1 amide bonds. The van der Waals surface area contributed by atoms with Crippen LogP contribution in [0.4, 0.5) is 5.69 Å². The van der Waals surface area contributed by atoms with E-state index in [1.807, 2.05) is 30.3 Å². The highest BCUT2D eigenvalue weighted by atomic mass is 32.2. The van der Waals surface area contributed by atoms with Crippen molar-refractivity contribution in [3.8, 4) is 0 Å². The van der Waals surface area contributed by atoms with Gasteiger partial charge in [-0.25, -0.2) is 0 Å². The van der Waals surface area contributed by atoms with Crippen LogP contribution in [0.15, 0.2) is 30.3 Å². The predicted octanol–water partition coefficient (Wildman–Crippen LogP) is 1.74. The monoisotopic (exact) mass is 225 g/mol. The lowest BCUT2D eigenvalue weighted by molar-refractivity contribution is -0.115. The Morgan fingerprint density at radius 3 is 2.67 bits per heavy atom. The Balaban J connectivity index is 2.19. The van der Waals surface area contributed by atoms with E-state index < -0.39 is 0 Å². The third-order valence-electron chi connectivity index (χ3n) is 1.77. The number of amides is 1. The Kier molecular flexibility index (Phi) is 5.88. The van der Waals surface area contributed by atoms with Crippen molar-refractivity contribution in [2.24, 2.45) is 0 Å². The van der Waals surface area contributed by atoms with E-state index in [4.69, 9.17) is 5.11 Å². The van der Waals surface area contributed by atoms with Crippen molar-refractivity contribution < 1.29 is 9.90 Å². The largest absolute Gasteiger partial charge is 0.396 e. The molecule has 0 bridgehead atoms. The summed E-state index contributed by atoms with van der Waals surface area (Å²) in [7, 11) is 0. The Hall–Kier alpha value is -1.00. The fourth-order valence-corrected chi connectivity index (χ4v) is 1.74. The molecule has 4 heteroatoms. The number of carbonyl (C=O) groups excluding carboxylic acids is 1. The van der Waals surface area contributed by atoms with Gasteiger partial charge in [-0.2, -0.15) is 11.8 Å². The van der Waals surface area contributed by atoms with Crippen LogP contribution >= 0.6 is 11.8 Å². The van der Waals surface area contributed by atoms with Crippen LogP contribution in [0.25, 0.3) is 0 Å². The number of rotatable bonds is 6. The summed E-state index contributed by atoms with van der Waals surface area (Å²) in [5.41, 5.74) is 0.828. The molecule has 0 aromatic heterocycles. The molecule has 0 fully saturated rings. The maximum absolute atomic E-state index is 11.4. The molecular formula is C11H15NO2S. The molecule has 2 N–H and O–H groups in total. The SMILES string of the molecule is O=C(CCSCCO)Nc1ccccc1. The highest BCUT2D eigenvalue weighted by Crippen LogP contribution is 2.07. The van der Waals surface area contributed by atoms with Crippen LogP contribution in [0.1, 0.15) is 6.42 Å². The topological polar surface area (TPSA) is 49.3 Å². The van der Waals surface area contributed by atoms with Crippen LogP contribution in [-0.2, 0) is 4.79 Å². The van der Waals surface area contributed by atoms with Gasteiger partial charge in [0.1, 0.15) is 0 Å². The van der Waals surface area contributed by atoms with E-state index in [-0.39, 0.29) is 12.5 Å². The third-order valence-corrected chi connectivity index (χ3v) is 2.73. The van der Waals surface area contributed by atoms with Gasteiger partial charge in [-0.15, -0.1) is 0 Å². The van der Waals surface area contributed by atoms with Crippen molar-refractivity contribution >= 4 is 23.4 Å². The summed E-state index contributed by atoms with van der Waals surface area (Å²) in [6.07, 6.45) is 0.486. The van der Waals surface area contributed by atoms with E-state index >= 15 is 0 Å². The van der Waals surface area contributed by atoms with Crippen molar-refractivity contribution in [3.63, 3.8) is 0 Å². The van der Waals surface area contributed by atoms with Gasteiger partial charge in [0.05, 0.1) is 6.61 Å². The molecule has 0 aliphatic rings. The first-order valence-corrected chi connectivity index (χ1v) is 6.02. The van der Waals surface area contributed by atoms with Crippen LogP contribution in [-0.4, -0.2) is 29.1 Å². The first kappa shape index (κ1) is 12.1. The lowest BCUT2D eigenvalue weighted by atomic mass is 10.3. The Morgan fingerprint density at radius 2 is 2.00 bits per heavy atom. The van der Waals surface area contributed by atoms with Crippen LogP contribution in [0.3, 0.4) is 0 Å². The normalized spacial score (nSPS) is 9.93. The minimum Gasteiger partial charge on any atom is -0.396 e. The maximum Gasteiger partial charge on any atom is 0.225 e. The van der Waals surface area contributed by atoms with Gasteiger partial charge in [0.15, 0.2) is 0 Å². The van der Waals surface area contributed by atoms with Crippen molar-refractivity contribution in [2.45, 2.75) is 6.42 Å². The number of thioether (sulfide) groups is 1. The smallest absolute Gasteiger partial charge is 0.225 e. The van der Waals surface area contributed by atoms with Crippen molar-refractivity contribution in [1.29, 1.82) is 0 Å². The Bertz CT molecular complexity index is 290. The molecule has 1 rings (SSSR count). The molecule has 0 saturated heterocycles. The number of benzene rings is 1. The van der Waals surface area contributed by atoms with Gasteiger partial charge in [-0.3, -0.25) is 4.79 Å². The average molecular weight is 225 g/mol. The molecule has 15 heavy (non-hydrogen) atoms. The van der Waals surface area contributed by atoms with Crippen LogP contribution in [0.5, 0.6) is 0 Å². The van der Waals surface area contributed by atoms with Gasteiger partial charge in [0.25, 0.3) is 0 Å². The molecule has 0 unspecified atom stereocenters. The standard InChI is InChI=1S/C11H15NO2S/c13-7-9-15-8-6-11(14)12-10-4-2-1-3-5-10/h1-5,13H,6-9H2,(H,12,14). The van der Waals surface area contributed by atoms with E-state index in [9.17, 15) is 4.79 Å². The Morgan fingerprint density at radius 1 is 1.27 bits per heavy atom. The highest BCUT2D eigenvalue weighted by molar-refractivity contribution is 7.99. The fraction of sp³-hybridized carbons (Fsp3) is 0.364. The molecule has 0 heterocycles. The quantitative estimate of drug-likeness (QED) is 0.725. The second-order valence-electron chi connectivity index (χ2n) is 3.00. The van der Waals surface area contributed by atoms with Gasteiger partial charge >= 0.3 is 0 Å². The summed E-state index contributed by atoms with van der Waals surface area (Å²) in [6.45, 7) is 0.172. The number of carbonyl (C=O) groups is 1. The first-order valence-electron chi connectivity index (χ1n) is 4.86. The third kappa shape index (κ3) is 5.44. The molecule has 3 nitrogen and oxygen atoms in total. The molecule has 0 atom stereocenters. The van der Waals surface area contributed by atoms with Crippen molar-refractivity contribution in [3.05, 3.63) is 30.3 Å². The van der Waals surface area contributed by atoms with Crippen LogP contribution in [0.2, 0.25) is 0 Å². The average Bonchev–Trinajstić information content (AvgIpc) is 2.26. The fourth-order valence-electron chi connectivity index (χ4n) is 1.08. The van der Waals surface area contributed by atoms with E-state index in [0.29, 0.717) is 12.2 Å². The summed E-state index contributed by atoms with van der Waals surface area (Å²) in [5, 5.41) is 11.3. The molecule has 0 radical (unpaired) electrons. The molecule has 82 valence electrons. The molecule has 0 spiro atoms. The van der Waals surface area contributed by atoms with Crippen molar-refractivity contribution in [1.82, 2.24) is 0 Å². The summed E-state index contributed by atoms with van der Waals surface area (Å²) in [6, 6.07) is 9.40. The number of anilines is 1. The van der Waals surface area contributed by atoms with Gasteiger partial charge < -0.3 is 10.4 Å². The lowest BCUT2D eigenvalue weighted by Crippen LogP contribution is -2.12. The zero-order chi connectivity index (χ0) is 10.9. The zero-order valence-corrected chi connectivity index (χ0v) is 9.30. The minimum absolute atomic E-state index is 0.0200. The van der Waals surface area contributed by atoms with E-state index in [2.05, 4.69) is 5.32 Å². The second-order valence-corrected chi connectivity index (χ2v) is 4.22. The Labute approximate surface area is 93.9 Å². The van der Waals surface area contributed by atoms with Crippen LogP contribution < -0.4 is 5.32 Å². The lowest BCUT2D eigenvalue weighted by Gasteiger charge is -2.04. The van der Waals surface area contributed by atoms with Crippen LogP contribution in [0, 0.1) is 0 Å². The predicted molar refractivity (Wildman–Crippen MR) is 64.1 cm³/mol. The summed E-state index contributed by atoms with van der Waals surface area (Å²) in [4.78, 5) is 11.4. The molecule has 1 aromatic rings. The summed E-state index contributed by atoms with van der Waals surface area (Å²) in [5.74, 6) is 1.46. The van der Waals surface area contributed by atoms with Gasteiger partial charge in [-0.05, 0) is 12.1 Å². The number of hydrogen-bond donors (Lipinski definition) is 2. The van der Waals surface area contributed by atoms with Gasteiger partial charge in [-0.1, -0.05) is 18.2 Å². The number of nitrogens with one attached hydrogen (secondary N) is 1. The van der Waals surface area contributed by atoms with Gasteiger partial charge in [0, 0.05) is 23.6 Å². The number of hydrogen-bond acceptors (Lipinski definition) is 3. The zero-order valence-electron chi connectivity index (χ0n) is 8.48. The molecule has 1 aromatic carbocycles. The first-order chi connectivity index (χ1) is 7.33. The highest BCUT2D eigenvalue weighted by Gasteiger charge is 2.01. The number of para-hydroxylation sites is 1. The number of aliphatic hydroxyl groups is 1. The van der Waals surface area contributed by atoms with E-state index in [1.165, 1.54) is 0 Å².